The van der Waals surface area contributed by atoms with Gasteiger partial charge in [-0.2, -0.15) is 13.7 Å². The molecular formula is C10H15NO3S. The molecule has 5 atom stereocenters. The summed E-state index contributed by atoms with van der Waals surface area (Å²) in [4.78, 5) is 0. The molecule has 1 saturated carbocycles. The quantitative estimate of drug-likeness (QED) is 0.635. The Morgan fingerprint density at radius 2 is 2.20 bits per heavy atom. The van der Waals surface area contributed by atoms with Gasteiger partial charge in [-0.1, -0.05) is 13.3 Å². The van der Waals surface area contributed by atoms with Crippen LogP contribution in [0.1, 0.15) is 26.7 Å². The molecule has 2 fully saturated rings. The number of hydrogen-bond acceptors (Lipinski definition) is 4. The van der Waals surface area contributed by atoms with Crippen molar-refractivity contribution in [3.05, 3.63) is 0 Å². The molecule has 0 aromatic carbocycles. The van der Waals surface area contributed by atoms with Crippen LogP contribution in [0, 0.1) is 29.1 Å². The van der Waals surface area contributed by atoms with Crippen LogP contribution in [0.15, 0.2) is 0 Å². The summed E-state index contributed by atoms with van der Waals surface area (Å²) in [5.74, 6) is -0.148. The summed E-state index contributed by atoms with van der Waals surface area (Å²) in [6, 6.07) is 2.15. The Bertz CT molecular complexity index is 397. The zero-order valence-electron chi connectivity index (χ0n) is 8.88. The first-order chi connectivity index (χ1) is 7.01. The van der Waals surface area contributed by atoms with Crippen LogP contribution in [0.4, 0.5) is 0 Å². The number of fused-ring (bicyclic) bond motifs is 1. The van der Waals surface area contributed by atoms with E-state index in [0.717, 1.165) is 12.8 Å². The maximum atomic E-state index is 11.7. The average Bonchev–Trinajstić information content (AvgIpc) is 2.63. The molecule has 1 aliphatic heterocycles. The summed E-state index contributed by atoms with van der Waals surface area (Å²) in [7, 11) is -3.50. The van der Waals surface area contributed by atoms with Gasteiger partial charge >= 0.3 is 0 Å². The molecule has 2 rings (SSSR count). The van der Waals surface area contributed by atoms with Gasteiger partial charge in [-0.15, -0.1) is 0 Å². The van der Waals surface area contributed by atoms with Gasteiger partial charge in [-0.25, -0.2) is 0 Å². The van der Waals surface area contributed by atoms with Gasteiger partial charge in [0.05, 0.1) is 18.1 Å². The van der Waals surface area contributed by atoms with E-state index in [-0.39, 0.29) is 23.9 Å². The number of nitrogens with zero attached hydrogens (tertiary/aromatic N) is 1. The first-order valence-corrected chi connectivity index (χ1v) is 6.80. The molecule has 2 aliphatic rings. The van der Waals surface area contributed by atoms with Crippen LogP contribution in [0.5, 0.6) is 0 Å². The normalized spacial score (nSPS) is 47.4. The predicted molar refractivity (Wildman–Crippen MR) is 54.2 cm³/mol. The Kier molecular flexibility index (Phi) is 2.52. The Morgan fingerprint density at radius 3 is 2.73 bits per heavy atom. The van der Waals surface area contributed by atoms with Gasteiger partial charge in [0.25, 0.3) is 10.1 Å². The Balaban J connectivity index is 2.38. The summed E-state index contributed by atoms with van der Waals surface area (Å²) in [6.45, 7) is 3.79. The third-order valence-corrected chi connectivity index (χ3v) is 5.64. The Morgan fingerprint density at radius 1 is 1.53 bits per heavy atom. The van der Waals surface area contributed by atoms with Crippen molar-refractivity contribution in [2.45, 2.75) is 38.0 Å². The molecule has 0 radical (unpaired) electrons. The highest BCUT2D eigenvalue weighted by molar-refractivity contribution is 7.87. The van der Waals surface area contributed by atoms with Crippen LogP contribution in [-0.4, -0.2) is 19.8 Å². The topological polar surface area (TPSA) is 67.2 Å². The van der Waals surface area contributed by atoms with Crippen molar-refractivity contribution in [3.8, 4) is 6.07 Å². The van der Waals surface area contributed by atoms with Gasteiger partial charge in [-0.3, -0.25) is 4.18 Å². The zero-order chi connectivity index (χ0) is 11.2. The minimum Gasteiger partial charge on any atom is -0.266 e. The number of nitriles is 1. The van der Waals surface area contributed by atoms with Crippen molar-refractivity contribution in [1.82, 2.24) is 0 Å². The van der Waals surface area contributed by atoms with E-state index < -0.39 is 15.4 Å². The second kappa shape index (κ2) is 3.46. The van der Waals surface area contributed by atoms with E-state index in [1.54, 1.807) is 6.92 Å². The van der Waals surface area contributed by atoms with Crippen LogP contribution in [0.3, 0.4) is 0 Å². The van der Waals surface area contributed by atoms with Crippen molar-refractivity contribution in [3.63, 3.8) is 0 Å². The summed E-state index contributed by atoms with van der Waals surface area (Å²) in [5.41, 5.74) is 0. The molecule has 5 unspecified atom stereocenters. The fourth-order valence-electron chi connectivity index (χ4n) is 2.96. The molecule has 0 bridgehead atoms. The molecule has 1 aliphatic carbocycles. The van der Waals surface area contributed by atoms with Gasteiger partial charge in [0, 0.05) is 5.92 Å². The van der Waals surface area contributed by atoms with Crippen molar-refractivity contribution in [2.24, 2.45) is 17.8 Å². The standard InChI is InChI=1S/C10H15NO3S/c1-3-7-4-8-6(2)14-15(12,13)10(8)9(7)5-11/h6-10H,3-4H2,1-2H3. The monoisotopic (exact) mass is 229 g/mol. The highest BCUT2D eigenvalue weighted by Crippen LogP contribution is 2.48. The Hall–Kier alpha value is -0.600. The van der Waals surface area contributed by atoms with Gasteiger partial charge in [-0.05, 0) is 19.3 Å². The lowest BCUT2D eigenvalue weighted by Crippen LogP contribution is -2.26. The molecule has 15 heavy (non-hydrogen) atoms. The van der Waals surface area contributed by atoms with Crippen LogP contribution in [0.2, 0.25) is 0 Å². The summed E-state index contributed by atoms with van der Waals surface area (Å²) in [5, 5.41) is 8.48. The molecule has 5 heteroatoms. The average molecular weight is 229 g/mol. The predicted octanol–water partition coefficient (Wildman–Crippen LogP) is 1.29. The minimum atomic E-state index is -3.50. The molecule has 0 aromatic heterocycles. The van der Waals surface area contributed by atoms with E-state index >= 15 is 0 Å². The van der Waals surface area contributed by atoms with Crippen molar-refractivity contribution < 1.29 is 12.6 Å². The second-order valence-corrected chi connectivity index (χ2v) is 6.20. The lowest BCUT2D eigenvalue weighted by Gasteiger charge is -2.14. The van der Waals surface area contributed by atoms with E-state index in [1.165, 1.54) is 0 Å². The second-order valence-electron chi connectivity index (χ2n) is 4.48. The highest BCUT2D eigenvalue weighted by Gasteiger charge is 2.57. The lowest BCUT2D eigenvalue weighted by atomic mass is 9.95. The summed E-state index contributed by atoms with van der Waals surface area (Å²) >= 11 is 0. The van der Waals surface area contributed by atoms with Crippen LogP contribution >= 0.6 is 0 Å². The van der Waals surface area contributed by atoms with Crippen LogP contribution in [0.25, 0.3) is 0 Å². The smallest absolute Gasteiger partial charge is 0.266 e. The van der Waals surface area contributed by atoms with Gasteiger partial charge < -0.3 is 0 Å². The van der Waals surface area contributed by atoms with E-state index in [9.17, 15) is 8.42 Å². The molecule has 0 spiro atoms. The number of rotatable bonds is 1. The van der Waals surface area contributed by atoms with E-state index in [0.29, 0.717) is 0 Å². The summed E-state index contributed by atoms with van der Waals surface area (Å²) in [6.07, 6.45) is 1.42. The fraction of sp³-hybridized carbons (Fsp3) is 0.900. The molecule has 4 nitrogen and oxygen atoms in total. The van der Waals surface area contributed by atoms with E-state index in [4.69, 9.17) is 9.44 Å². The van der Waals surface area contributed by atoms with Gasteiger partial charge in [0.15, 0.2) is 0 Å². The van der Waals surface area contributed by atoms with E-state index in [1.807, 2.05) is 6.92 Å². The molecule has 84 valence electrons. The first-order valence-electron chi connectivity index (χ1n) is 5.33. The van der Waals surface area contributed by atoms with Crippen molar-refractivity contribution in [2.75, 3.05) is 0 Å². The Labute approximate surface area is 90.4 Å². The van der Waals surface area contributed by atoms with Gasteiger partial charge in [0.1, 0.15) is 5.25 Å². The highest BCUT2D eigenvalue weighted by atomic mass is 32.2. The molecule has 1 saturated heterocycles. The SMILES string of the molecule is CCC1CC2C(C)OS(=O)(=O)C2C1C#N. The van der Waals surface area contributed by atoms with Crippen molar-refractivity contribution >= 4 is 10.1 Å². The van der Waals surface area contributed by atoms with Crippen LogP contribution < -0.4 is 0 Å². The van der Waals surface area contributed by atoms with Gasteiger partial charge in [0.2, 0.25) is 0 Å². The van der Waals surface area contributed by atoms with Crippen LogP contribution in [-0.2, 0) is 14.3 Å². The fourth-order valence-corrected chi connectivity index (χ4v) is 5.06. The molecule has 1 heterocycles. The molecule has 0 N–H and O–H groups in total. The van der Waals surface area contributed by atoms with Crippen molar-refractivity contribution in [1.29, 1.82) is 5.26 Å². The molecule has 0 amide bonds. The lowest BCUT2D eigenvalue weighted by molar-refractivity contribution is 0.199. The maximum Gasteiger partial charge on any atom is 0.272 e. The largest absolute Gasteiger partial charge is 0.272 e. The summed E-state index contributed by atoms with van der Waals surface area (Å²) < 4.78 is 28.4. The first kappa shape index (κ1) is 10.9. The van der Waals surface area contributed by atoms with E-state index in [2.05, 4.69) is 6.07 Å². The molecule has 0 aromatic rings. The molecular weight excluding hydrogens is 214 g/mol. The third-order valence-electron chi connectivity index (χ3n) is 3.75. The number of hydrogen-bond donors (Lipinski definition) is 0. The zero-order valence-corrected chi connectivity index (χ0v) is 9.70. The maximum absolute atomic E-state index is 11.7. The third kappa shape index (κ3) is 1.47. The minimum absolute atomic E-state index is 0.0181.